The number of ether oxygens (including phenoxy) is 1. The van der Waals surface area contributed by atoms with Crippen LogP contribution in [0.1, 0.15) is 30.6 Å². The predicted molar refractivity (Wildman–Crippen MR) is 86.6 cm³/mol. The molecule has 2 aromatic rings. The highest BCUT2D eigenvalue weighted by Gasteiger charge is 2.08. The third kappa shape index (κ3) is 4.68. The highest BCUT2D eigenvalue weighted by molar-refractivity contribution is 7.22. The smallest absolute Gasteiger partial charge is 0.251 e. The van der Waals surface area contributed by atoms with E-state index in [0.29, 0.717) is 29.8 Å². The van der Waals surface area contributed by atoms with Crippen molar-refractivity contribution in [2.75, 3.05) is 25.5 Å². The standard InChI is InChI=1S/C15H21N3O2S/c1-10(2)9-20-7-3-6-17-14(19)11-4-5-12-13(8-11)21-15(16)18-12/h4-5,8,10H,3,6-7,9H2,1-2H3,(H2,16,18)(H,17,19). The van der Waals surface area contributed by atoms with Crippen LogP contribution in [0.2, 0.25) is 0 Å². The van der Waals surface area contributed by atoms with Crippen molar-refractivity contribution in [3.63, 3.8) is 0 Å². The lowest BCUT2D eigenvalue weighted by molar-refractivity contribution is 0.0925. The summed E-state index contributed by atoms with van der Waals surface area (Å²) >= 11 is 1.39. The van der Waals surface area contributed by atoms with Crippen molar-refractivity contribution >= 4 is 32.6 Å². The Morgan fingerprint density at radius 1 is 1.48 bits per heavy atom. The van der Waals surface area contributed by atoms with E-state index in [0.717, 1.165) is 23.2 Å². The summed E-state index contributed by atoms with van der Waals surface area (Å²) in [5.74, 6) is 0.464. The Hall–Kier alpha value is -1.66. The topological polar surface area (TPSA) is 77.2 Å². The molecule has 5 nitrogen and oxygen atoms in total. The number of anilines is 1. The molecule has 114 valence electrons. The van der Waals surface area contributed by atoms with Gasteiger partial charge in [-0.15, -0.1) is 0 Å². The lowest BCUT2D eigenvalue weighted by atomic mass is 10.2. The first kappa shape index (κ1) is 15.7. The largest absolute Gasteiger partial charge is 0.381 e. The Morgan fingerprint density at radius 3 is 3.05 bits per heavy atom. The minimum absolute atomic E-state index is 0.0762. The molecule has 1 heterocycles. The fourth-order valence-electron chi connectivity index (χ4n) is 1.88. The van der Waals surface area contributed by atoms with Gasteiger partial charge in [0, 0.05) is 25.3 Å². The quantitative estimate of drug-likeness (QED) is 0.771. The number of nitrogens with two attached hydrogens (primary N) is 1. The van der Waals surface area contributed by atoms with Crippen LogP contribution in [0.15, 0.2) is 18.2 Å². The Labute approximate surface area is 128 Å². The normalized spacial score (nSPS) is 11.2. The SMILES string of the molecule is CC(C)COCCCNC(=O)c1ccc2nc(N)sc2c1. The maximum absolute atomic E-state index is 12.0. The fourth-order valence-corrected chi connectivity index (χ4v) is 2.65. The summed E-state index contributed by atoms with van der Waals surface area (Å²) in [5, 5.41) is 3.41. The number of carbonyl (C=O) groups excluding carboxylic acids is 1. The number of amides is 1. The van der Waals surface area contributed by atoms with Gasteiger partial charge in [0.05, 0.1) is 10.2 Å². The van der Waals surface area contributed by atoms with E-state index in [4.69, 9.17) is 10.5 Å². The zero-order chi connectivity index (χ0) is 15.2. The first-order valence-corrected chi connectivity index (χ1v) is 7.90. The zero-order valence-corrected chi connectivity index (χ0v) is 13.2. The molecular weight excluding hydrogens is 286 g/mol. The molecular formula is C15H21N3O2S. The Kier molecular flexibility index (Phi) is 5.52. The van der Waals surface area contributed by atoms with Crippen molar-refractivity contribution in [1.29, 1.82) is 0 Å². The molecule has 0 unspecified atom stereocenters. The van der Waals surface area contributed by atoms with Gasteiger partial charge in [-0.2, -0.15) is 0 Å². The minimum atomic E-state index is -0.0762. The molecule has 6 heteroatoms. The van der Waals surface area contributed by atoms with Crippen molar-refractivity contribution in [2.45, 2.75) is 20.3 Å². The van der Waals surface area contributed by atoms with Crippen LogP contribution in [0.4, 0.5) is 5.13 Å². The summed E-state index contributed by atoms with van der Waals surface area (Å²) < 4.78 is 6.40. The Bertz CT molecular complexity index is 610. The molecule has 0 aliphatic rings. The summed E-state index contributed by atoms with van der Waals surface area (Å²) in [7, 11) is 0. The third-order valence-electron chi connectivity index (χ3n) is 2.87. The lowest BCUT2D eigenvalue weighted by Crippen LogP contribution is -2.25. The highest BCUT2D eigenvalue weighted by atomic mass is 32.1. The van der Waals surface area contributed by atoms with Crippen LogP contribution >= 0.6 is 11.3 Å². The fraction of sp³-hybridized carbons (Fsp3) is 0.467. The predicted octanol–water partition coefficient (Wildman–Crippen LogP) is 2.67. The number of nitrogens with one attached hydrogen (secondary N) is 1. The van der Waals surface area contributed by atoms with Crippen LogP contribution in [0.25, 0.3) is 10.2 Å². The molecule has 0 aliphatic carbocycles. The molecule has 0 aliphatic heterocycles. The minimum Gasteiger partial charge on any atom is -0.381 e. The summed E-state index contributed by atoms with van der Waals surface area (Å²) in [6.07, 6.45) is 0.814. The molecule has 21 heavy (non-hydrogen) atoms. The summed E-state index contributed by atoms with van der Waals surface area (Å²) in [4.78, 5) is 16.2. The van der Waals surface area contributed by atoms with Crippen molar-refractivity contribution in [3.8, 4) is 0 Å². The molecule has 1 aromatic heterocycles. The van der Waals surface area contributed by atoms with Gasteiger partial charge in [0.2, 0.25) is 0 Å². The molecule has 0 radical (unpaired) electrons. The molecule has 2 rings (SSSR count). The van der Waals surface area contributed by atoms with Crippen molar-refractivity contribution in [2.24, 2.45) is 5.92 Å². The van der Waals surface area contributed by atoms with Gasteiger partial charge in [0.25, 0.3) is 5.91 Å². The van der Waals surface area contributed by atoms with Gasteiger partial charge in [0.1, 0.15) is 0 Å². The van der Waals surface area contributed by atoms with Crippen LogP contribution < -0.4 is 11.1 Å². The molecule has 0 fully saturated rings. The molecule has 0 spiro atoms. The lowest BCUT2D eigenvalue weighted by Gasteiger charge is -2.08. The molecule has 1 amide bonds. The van der Waals surface area contributed by atoms with E-state index in [9.17, 15) is 4.79 Å². The van der Waals surface area contributed by atoms with Crippen molar-refractivity contribution in [3.05, 3.63) is 23.8 Å². The van der Waals surface area contributed by atoms with Gasteiger partial charge < -0.3 is 15.8 Å². The maximum atomic E-state index is 12.0. The van der Waals surface area contributed by atoms with Crippen molar-refractivity contribution < 1.29 is 9.53 Å². The molecule has 1 aromatic carbocycles. The molecule has 0 atom stereocenters. The highest BCUT2D eigenvalue weighted by Crippen LogP contribution is 2.24. The number of thiazole rings is 1. The second-order valence-electron chi connectivity index (χ2n) is 5.31. The Balaban J connectivity index is 1.79. The van der Waals surface area contributed by atoms with E-state index < -0.39 is 0 Å². The van der Waals surface area contributed by atoms with Crippen LogP contribution in [0.5, 0.6) is 0 Å². The van der Waals surface area contributed by atoms with Crippen LogP contribution in [-0.4, -0.2) is 30.6 Å². The van der Waals surface area contributed by atoms with E-state index in [-0.39, 0.29) is 5.91 Å². The number of nitrogen functional groups attached to an aromatic ring is 1. The van der Waals surface area contributed by atoms with Crippen LogP contribution in [0.3, 0.4) is 0 Å². The van der Waals surface area contributed by atoms with Gasteiger partial charge >= 0.3 is 0 Å². The average Bonchev–Trinajstić information content (AvgIpc) is 2.81. The number of aromatic nitrogens is 1. The molecule has 0 saturated carbocycles. The molecule has 0 saturated heterocycles. The molecule has 3 N–H and O–H groups in total. The van der Waals surface area contributed by atoms with Crippen molar-refractivity contribution in [1.82, 2.24) is 10.3 Å². The van der Waals surface area contributed by atoms with E-state index in [1.54, 1.807) is 6.07 Å². The monoisotopic (exact) mass is 307 g/mol. The van der Waals surface area contributed by atoms with Gasteiger partial charge in [-0.1, -0.05) is 25.2 Å². The summed E-state index contributed by atoms with van der Waals surface area (Å²) in [6, 6.07) is 5.42. The Morgan fingerprint density at radius 2 is 2.29 bits per heavy atom. The summed E-state index contributed by atoms with van der Waals surface area (Å²) in [6.45, 7) is 6.27. The van der Waals surface area contributed by atoms with E-state index in [2.05, 4.69) is 24.1 Å². The number of hydrogen-bond acceptors (Lipinski definition) is 5. The number of benzene rings is 1. The maximum Gasteiger partial charge on any atom is 0.251 e. The van der Waals surface area contributed by atoms with Gasteiger partial charge in [0.15, 0.2) is 5.13 Å². The number of carbonyl (C=O) groups is 1. The zero-order valence-electron chi connectivity index (χ0n) is 12.4. The molecule has 0 bridgehead atoms. The number of hydrogen-bond donors (Lipinski definition) is 2. The van der Waals surface area contributed by atoms with Gasteiger partial charge in [-0.25, -0.2) is 4.98 Å². The summed E-state index contributed by atoms with van der Waals surface area (Å²) in [5.41, 5.74) is 7.12. The van der Waals surface area contributed by atoms with Gasteiger partial charge in [-0.05, 0) is 30.5 Å². The second kappa shape index (κ2) is 7.38. The van der Waals surface area contributed by atoms with Crippen LogP contribution in [0, 0.1) is 5.92 Å². The first-order valence-electron chi connectivity index (χ1n) is 7.08. The van der Waals surface area contributed by atoms with E-state index in [1.807, 2.05) is 12.1 Å². The second-order valence-corrected chi connectivity index (χ2v) is 6.38. The first-order chi connectivity index (χ1) is 10.1. The van der Waals surface area contributed by atoms with E-state index >= 15 is 0 Å². The number of fused-ring (bicyclic) bond motifs is 1. The van der Waals surface area contributed by atoms with Crippen LogP contribution in [-0.2, 0) is 4.74 Å². The van der Waals surface area contributed by atoms with E-state index in [1.165, 1.54) is 11.3 Å². The number of nitrogens with zero attached hydrogens (tertiary/aromatic N) is 1. The third-order valence-corrected chi connectivity index (χ3v) is 3.72. The average molecular weight is 307 g/mol. The van der Waals surface area contributed by atoms with Gasteiger partial charge in [-0.3, -0.25) is 4.79 Å². The number of rotatable bonds is 7.